The molecule has 1 fully saturated rings. The minimum Gasteiger partial charge on any atom is -0.388 e. The summed E-state index contributed by atoms with van der Waals surface area (Å²) in [6.45, 7) is 0.176. The van der Waals surface area contributed by atoms with Crippen molar-refractivity contribution >= 4 is 27.5 Å². The number of amides is 1. The monoisotopic (exact) mass is 328 g/mol. The van der Waals surface area contributed by atoms with Gasteiger partial charge in [0, 0.05) is 18.2 Å². The lowest BCUT2D eigenvalue weighted by atomic mass is 9.80. The van der Waals surface area contributed by atoms with Gasteiger partial charge in [0.15, 0.2) is 0 Å². The smallest absolute Gasteiger partial charge is 0.284 e. The molecule has 6 nitrogen and oxygen atoms in total. The highest BCUT2D eigenvalue weighted by molar-refractivity contribution is 9.10. The van der Waals surface area contributed by atoms with Gasteiger partial charge in [-0.1, -0.05) is 0 Å². The summed E-state index contributed by atoms with van der Waals surface area (Å²) >= 11 is 3.06. The molecular weight excluding hydrogens is 316 g/mol. The molecular formula is C12H13BrN2O4. The van der Waals surface area contributed by atoms with Gasteiger partial charge in [-0.05, 0) is 47.3 Å². The van der Waals surface area contributed by atoms with Crippen LogP contribution in [0.4, 0.5) is 5.69 Å². The molecule has 1 aliphatic carbocycles. The van der Waals surface area contributed by atoms with Crippen LogP contribution >= 0.6 is 15.9 Å². The van der Waals surface area contributed by atoms with E-state index in [4.69, 9.17) is 0 Å². The molecule has 0 unspecified atom stereocenters. The first kappa shape index (κ1) is 14.0. The fourth-order valence-electron chi connectivity index (χ4n) is 1.90. The van der Waals surface area contributed by atoms with Crippen molar-refractivity contribution in [3.63, 3.8) is 0 Å². The number of nitrogens with one attached hydrogen (secondary N) is 1. The number of benzene rings is 1. The van der Waals surface area contributed by atoms with E-state index in [1.165, 1.54) is 18.2 Å². The summed E-state index contributed by atoms with van der Waals surface area (Å²) in [5.74, 6) is -0.420. The molecule has 0 aromatic heterocycles. The zero-order valence-corrected chi connectivity index (χ0v) is 11.6. The average molecular weight is 329 g/mol. The van der Waals surface area contributed by atoms with E-state index in [1.807, 2.05) is 0 Å². The van der Waals surface area contributed by atoms with Crippen LogP contribution in [0.25, 0.3) is 0 Å². The lowest BCUT2D eigenvalue weighted by Crippen LogP contribution is -2.47. The first-order valence-electron chi connectivity index (χ1n) is 5.86. The molecule has 1 aromatic carbocycles. The van der Waals surface area contributed by atoms with Gasteiger partial charge in [0.25, 0.3) is 11.6 Å². The number of nitro benzene ring substituents is 1. The minimum atomic E-state index is -0.809. The number of halogens is 1. The molecule has 1 aromatic rings. The predicted molar refractivity (Wildman–Crippen MR) is 71.9 cm³/mol. The Kier molecular flexibility index (Phi) is 3.86. The Morgan fingerprint density at radius 2 is 2.21 bits per heavy atom. The Bertz CT molecular complexity index is 528. The Labute approximate surface area is 118 Å². The van der Waals surface area contributed by atoms with Crippen molar-refractivity contribution in [3.8, 4) is 0 Å². The molecule has 0 saturated heterocycles. The van der Waals surface area contributed by atoms with Crippen LogP contribution in [0.1, 0.15) is 29.6 Å². The van der Waals surface area contributed by atoms with E-state index >= 15 is 0 Å². The second-order valence-electron chi connectivity index (χ2n) is 4.68. The second kappa shape index (κ2) is 5.26. The minimum absolute atomic E-state index is 0.157. The van der Waals surface area contributed by atoms with E-state index in [9.17, 15) is 20.0 Å². The van der Waals surface area contributed by atoms with E-state index in [-0.39, 0.29) is 17.8 Å². The number of rotatable bonds is 4. The van der Waals surface area contributed by atoms with Crippen molar-refractivity contribution in [2.24, 2.45) is 0 Å². The number of carbonyl (C=O) groups is 1. The molecule has 0 atom stereocenters. The summed E-state index contributed by atoms with van der Waals surface area (Å²) in [6.07, 6.45) is 2.30. The summed E-state index contributed by atoms with van der Waals surface area (Å²) in [4.78, 5) is 22.1. The highest BCUT2D eigenvalue weighted by atomic mass is 79.9. The molecule has 0 aliphatic heterocycles. The molecule has 0 heterocycles. The fourth-order valence-corrected chi connectivity index (χ4v) is 2.29. The van der Waals surface area contributed by atoms with Gasteiger partial charge in [-0.25, -0.2) is 0 Å². The van der Waals surface area contributed by atoms with Crippen molar-refractivity contribution in [3.05, 3.63) is 38.3 Å². The quantitative estimate of drug-likeness (QED) is 0.653. The third-order valence-electron chi connectivity index (χ3n) is 3.27. The van der Waals surface area contributed by atoms with Crippen LogP contribution in [0.2, 0.25) is 0 Å². The van der Waals surface area contributed by atoms with Gasteiger partial charge >= 0.3 is 0 Å². The number of hydrogen-bond acceptors (Lipinski definition) is 4. The van der Waals surface area contributed by atoms with Crippen LogP contribution < -0.4 is 5.32 Å². The molecule has 19 heavy (non-hydrogen) atoms. The van der Waals surface area contributed by atoms with Gasteiger partial charge in [0.2, 0.25) is 0 Å². The van der Waals surface area contributed by atoms with Gasteiger partial charge in [-0.3, -0.25) is 14.9 Å². The van der Waals surface area contributed by atoms with Crippen molar-refractivity contribution in [1.82, 2.24) is 5.32 Å². The van der Waals surface area contributed by atoms with Crippen molar-refractivity contribution in [1.29, 1.82) is 0 Å². The lowest BCUT2D eigenvalue weighted by Gasteiger charge is -2.36. The normalized spacial score (nSPS) is 16.5. The van der Waals surface area contributed by atoms with Crippen molar-refractivity contribution < 1.29 is 14.8 Å². The number of nitrogens with zero attached hydrogens (tertiary/aromatic N) is 1. The summed E-state index contributed by atoms with van der Waals surface area (Å²) in [7, 11) is 0. The summed E-state index contributed by atoms with van der Waals surface area (Å²) in [6, 6.07) is 4.17. The Balaban J connectivity index is 2.06. The van der Waals surface area contributed by atoms with E-state index in [0.29, 0.717) is 17.3 Å². The summed E-state index contributed by atoms with van der Waals surface area (Å²) < 4.78 is 0.326. The van der Waals surface area contributed by atoms with Crippen LogP contribution in [0.15, 0.2) is 22.7 Å². The number of aliphatic hydroxyl groups is 1. The molecule has 0 spiro atoms. The largest absolute Gasteiger partial charge is 0.388 e. The van der Waals surface area contributed by atoms with Crippen molar-refractivity contribution in [2.45, 2.75) is 24.9 Å². The molecule has 0 radical (unpaired) electrons. The SMILES string of the molecule is O=C(NCC1(O)CCC1)c1ccc(Br)c([N+](=O)[O-])c1. The molecule has 1 saturated carbocycles. The van der Waals surface area contributed by atoms with Crippen LogP contribution in [-0.4, -0.2) is 28.1 Å². The number of hydrogen-bond donors (Lipinski definition) is 2. The predicted octanol–water partition coefficient (Wildman–Crippen LogP) is 2.00. The maximum atomic E-state index is 11.9. The van der Waals surface area contributed by atoms with Crippen LogP contribution in [0, 0.1) is 10.1 Å². The lowest BCUT2D eigenvalue weighted by molar-refractivity contribution is -0.385. The third kappa shape index (κ3) is 3.10. The summed E-state index contributed by atoms with van der Waals surface area (Å²) in [5, 5.41) is 23.2. The zero-order valence-electron chi connectivity index (χ0n) is 10.1. The molecule has 0 bridgehead atoms. The maximum absolute atomic E-state index is 11.9. The van der Waals surface area contributed by atoms with Gasteiger partial charge in [0.05, 0.1) is 15.0 Å². The first-order valence-corrected chi connectivity index (χ1v) is 6.65. The van der Waals surface area contributed by atoms with E-state index < -0.39 is 16.4 Å². The second-order valence-corrected chi connectivity index (χ2v) is 5.54. The highest BCUT2D eigenvalue weighted by Gasteiger charge is 2.34. The van der Waals surface area contributed by atoms with E-state index in [1.54, 1.807) is 0 Å². The fraction of sp³-hybridized carbons (Fsp3) is 0.417. The van der Waals surface area contributed by atoms with Crippen molar-refractivity contribution in [2.75, 3.05) is 6.54 Å². The Hall–Kier alpha value is -1.47. The van der Waals surface area contributed by atoms with Gasteiger partial charge in [-0.15, -0.1) is 0 Å². The Morgan fingerprint density at radius 3 is 2.74 bits per heavy atom. The Morgan fingerprint density at radius 1 is 1.53 bits per heavy atom. The third-order valence-corrected chi connectivity index (χ3v) is 3.94. The van der Waals surface area contributed by atoms with Crippen LogP contribution in [-0.2, 0) is 0 Å². The van der Waals surface area contributed by atoms with Crippen LogP contribution in [0.3, 0.4) is 0 Å². The van der Waals surface area contributed by atoms with E-state index in [0.717, 1.165) is 6.42 Å². The molecule has 2 rings (SSSR count). The number of nitro groups is 1. The molecule has 1 amide bonds. The number of carbonyl (C=O) groups excluding carboxylic acids is 1. The molecule has 102 valence electrons. The average Bonchev–Trinajstić information content (AvgIpc) is 2.33. The first-order chi connectivity index (χ1) is 8.91. The standard InChI is InChI=1S/C12H13BrN2O4/c13-9-3-2-8(6-10(9)15(18)19)11(16)14-7-12(17)4-1-5-12/h2-3,6,17H,1,4-5,7H2,(H,14,16). The van der Waals surface area contributed by atoms with Crippen LogP contribution in [0.5, 0.6) is 0 Å². The highest BCUT2D eigenvalue weighted by Crippen LogP contribution is 2.31. The maximum Gasteiger partial charge on any atom is 0.284 e. The molecule has 7 heteroatoms. The van der Waals surface area contributed by atoms with Gasteiger partial charge in [-0.2, -0.15) is 0 Å². The molecule has 1 aliphatic rings. The van der Waals surface area contributed by atoms with Gasteiger partial charge < -0.3 is 10.4 Å². The molecule has 2 N–H and O–H groups in total. The zero-order chi connectivity index (χ0) is 14.0. The topological polar surface area (TPSA) is 92.5 Å². The summed E-state index contributed by atoms with van der Waals surface area (Å²) in [5.41, 5.74) is -0.760. The van der Waals surface area contributed by atoms with E-state index in [2.05, 4.69) is 21.2 Å². The van der Waals surface area contributed by atoms with Gasteiger partial charge in [0.1, 0.15) is 0 Å².